The molecule has 0 atom stereocenters. The highest BCUT2D eigenvalue weighted by atomic mass is 35.5. The van der Waals surface area contributed by atoms with Crippen molar-refractivity contribution in [1.82, 2.24) is 10.2 Å². The minimum atomic E-state index is -3.25. The molecule has 2 aliphatic rings. The lowest BCUT2D eigenvalue weighted by Crippen LogP contribution is -2.44. The number of nitrogens with one attached hydrogen (secondary N) is 1. The van der Waals surface area contributed by atoms with Crippen molar-refractivity contribution in [2.75, 3.05) is 36.7 Å². The number of sulfonamides is 1. The molecular formula is C16H22ClN3O3S. The molecular weight excluding hydrogens is 350 g/mol. The molecule has 0 bridgehead atoms. The van der Waals surface area contributed by atoms with Crippen LogP contribution in [0.2, 0.25) is 5.02 Å². The highest BCUT2D eigenvalue weighted by Crippen LogP contribution is 2.29. The molecule has 24 heavy (non-hydrogen) atoms. The summed E-state index contributed by atoms with van der Waals surface area (Å²) >= 11 is 6.30. The van der Waals surface area contributed by atoms with Gasteiger partial charge in [-0.3, -0.25) is 9.10 Å². The van der Waals surface area contributed by atoms with Crippen LogP contribution in [0.15, 0.2) is 18.2 Å². The lowest BCUT2D eigenvalue weighted by molar-refractivity contribution is 0.0703. The first-order valence-corrected chi connectivity index (χ1v) is 10.2. The molecule has 2 heterocycles. The predicted molar refractivity (Wildman–Crippen MR) is 95.2 cm³/mol. The molecule has 3 rings (SSSR count). The Morgan fingerprint density at radius 3 is 2.62 bits per heavy atom. The Labute approximate surface area is 147 Å². The van der Waals surface area contributed by atoms with Crippen LogP contribution < -0.4 is 9.62 Å². The number of carbonyl (C=O) groups excluding carboxylic acids is 1. The Morgan fingerprint density at radius 2 is 2.04 bits per heavy atom. The minimum Gasteiger partial charge on any atom is -0.339 e. The van der Waals surface area contributed by atoms with Gasteiger partial charge >= 0.3 is 0 Å². The molecule has 132 valence electrons. The summed E-state index contributed by atoms with van der Waals surface area (Å²) in [6.45, 7) is 2.27. The van der Waals surface area contributed by atoms with Gasteiger partial charge < -0.3 is 10.2 Å². The number of halogens is 1. The van der Waals surface area contributed by atoms with Gasteiger partial charge in [0.05, 0.1) is 22.0 Å². The lowest BCUT2D eigenvalue weighted by atomic mass is 10.0. The van der Waals surface area contributed by atoms with Crippen molar-refractivity contribution in [1.29, 1.82) is 0 Å². The van der Waals surface area contributed by atoms with Gasteiger partial charge in [-0.25, -0.2) is 8.42 Å². The summed E-state index contributed by atoms with van der Waals surface area (Å²) in [7, 11) is -1.45. The van der Waals surface area contributed by atoms with E-state index in [9.17, 15) is 13.2 Å². The standard InChI is InChI=1S/C16H22ClN3O3S/c1-19(12-5-7-18-8-6-12)16(21)14-4-3-13(11-15(14)17)20-9-2-10-24(20,22)23/h3-4,11-12,18H,2,5-10H2,1H3. The van der Waals surface area contributed by atoms with Gasteiger partial charge in [0.1, 0.15) is 0 Å². The molecule has 8 heteroatoms. The third-order valence-electron chi connectivity index (χ3n) is 4.75. The number of anilines is 1. The molecule has 0 unspecified atom stereocenters. The number of piperidine rings is 1. The number of amides is 1. The molecule has 0 saturated carbocycles. The molecule has 0 aromatic heterocycles. The summed E-state index contributed by atoms with van der Waals surface area (Å²) < 4.78 is 25.4. The molecule has 6 nitrogen and oxygen atoms in total. The van der Waals surface area contributed by atoms with E-state index in [1.165, 1.54) is 4.31 Å². The highest BCUT2D eigenvalue weighted by Gasteiger charge is 2.30. The quantitative estimate of drug-likeness (QED) is 0.878. The molecule has 2 aliphatic heterocycles. The monoisotopic (exact) mass is 371 g/mol. The average Bonchev–Trinajstić information content (AvgIpc) is 2.93. The molecule has 2 fully saturated rings. The van der Waals surface area contributed by atoms with Crippen LogP contribution in [0.4, 0.5) is 5.69 Å². The Kier molecular flexibility index (Phi) is 5.03. The molecule has 1 amide bonds. The number of nitrogens with zero attached hydrogens (tertiary/aromatic N) is 2. The summed E-state index contributed by atoms with van der Waals surface area (Å²) in [6.07, 6.45) is 2.45. The number of hydrogen-bond acceptors (Lipinski definition) is 4. The first-order valence-electron chi connectivity index (χ1n) is 8.18. The van der Waals surface area contributed by atoms with Crippen LogP contribution >= 0.6 is 11.6 Å². The summed E-state index contributed by atoms with van der Waals surface area (Å²) in [6, 6.07) is 5.07. The van der Waals surface area contributed by atoms with Crippen LogP contribution in [0.5, 0.6) is 0 Å². The van der Waals surface area contributed by atoms with E-state index < -0.39 is 10.0 Å². The second-order valence-corrected chi connectivity index (χ2v) is 8.72. The van der Waals surface area contributed by atoms with E-state index in [2.05, 4.69) is 5.32 Å². The maximum atomic E-state index is 12.7. The van der Waals surface area contributed by atoms with Crippen LogP contribution in [0.1, 0.15) is 29.6 Å². The Hall–Kier alpha value is -1.31. The van der Waals surface area contributed by atoms with Gasteiger partial charge in [0.15, 0.2) is 0 Å². The Balaban J connectivity index is 1.80. The van der Waals surface area contributed by atoms with Crippen molar-refractivity contribution in [3.63, 3.8) is 0 Å². The zero-order valence-corrected chi connectivity index (χ0v) is 15.2. The molecule has 1 aromatic carbocycles. The predicted octanol–water partition coefficient (Wildman–Crippen LogP) is 1.70. The fourth-order valence-corrected chi connectivity index (χ4v) is 5.12. The third kappa shape index (κ3) is 3.38. The molecule has 1 N–H and O–H groups in total. The van der Waals surface area contributed by atoms with E-state index in [0.717, 1.165) is 25.9 Å². The van der Waals surface area contributed by atoms with Crippen molar-refractivity contribution in [2.45, 2.75) is 25.3 Å². The average molecular weight is 372 g/mol. The minimum absolute atomic E-state index is 0.122. The highest BCUT2D eigenvalue weighted by molar-refractivity contribution is 7.93. The van der Waals surface area contributed by atoms with E-state index in [1.54, 1.807) is 30.1 Å². The van der Waals surface area contributed by atoms with Crippen molar-refractivity contribution >= 4 is 33.2 Å². The van der Waals surface area contributed by atoms with Gasteiger partial charge in [0.25, 0.3) is 5.91 Å². The zero-order valence-electron chi connectivity index (χ0n) is 13.7. The fourth-order valence-electron chi connectivity index (χ4n) is 3.31. The number of benzene rings is 1. The first kappa shape index (κ1) is 17.5. The summed E-state index contributed by atoms with van der Waals surface area (Å²) in [5, 5.41) is 3.57. The number of hydrogen-bond donors (Lipinski definition) is 1. The van der Waals surface area contributed by atoms with E-state index in [-0.39, 0.29) is 17.7 Å². The number of rotatable bonds is 3. The van der Waals surface area contributed by atoms with Crippen molar-refractivity contribution in [3.05, 3.63) is 28.8 Å². The van der Waals surface area contributed by atoms with E-state index in [0.29, 0.717) is 29.2 Å². The molecule has 2 saturated heterocycles. The second kappa shape index (κ2) is 6.90. The van der Waals surface area contributed by atoms with Gasteiger partial charge in [-0.15, -0.1) is 0 Å². The van der Waals surface area contributed by atoms with Crippen LogP contribution in [0.25, 0.3) is 0 Å². The van der Waals surface area contributed by atoms with Gasteiger partial charge in [-0.2, -0.15) is 0 Å². The van der Waals surface area contributed by atoms with E-state index in [1.807, 2.05) is 0 Å². The second-order valence-electron chi connectivity index (χ2n) is 6.30. The molecule has 0 radical (unpaired) electrons. The van der Waals surface area contributed by atoms with Crippen molar-refractivity contribution in [3.8, 4) is 0 Å². The maximum Gasteiger partial charge on any atom is 0.255 e. The van der Waals surface area contributed by atoms with Gasteiger partial charge in [-0.05, 0) is 50.6 Å². The first-order chi connectivity index (χ1) is 11.4. The Bertz CT molecular complexity index is 732. The van der Waals surface area contributed by atoms with Crippen LogP contribution in [0, 0.1) is 0 Å². The van der Waals surface area contributed by atoms with Gasteiger partial charge in [-0.1, -0.05) is 11.6 Å². The maximum absolute atomic E-state index is 12.7. The third-order valence-corrected chi connectivity index (χ3v) is 6.93. The van der Waals surface area contributed by atoms with Gasteiger partial charge in [0.2, 0.25) is 10.0 Å². The van der Waals surface area contributed by atoms with E-state index in [4.69, 9.17) is 11.6 Å². The lowest BCUT2D eigenvalue weighted by Gasteiger charge is -2.32. The van der Waals surface area contributed by atoms with E-state index >= 15 is 0 Å². The van der Waals surface area contributed by atoms with Crippen molar-refractivity contribution in [2.24, 2.45) is 0 Å². The molecule has 0 aliphatic carbocycles. The number of carbonyl (C=O) groups is 1. The van der Waals surface area contributed by atoms with Crippen LogP contribution in [0.3, 0.4) is 0 Å². The topological polar surface area (TPSA) is 69.7 Å². The normalized spacial score (nSPS) is 21.0. The Morgan fingerprint density at radius 1 is 1.33 bits per heavy atom. The van der Waals surface area contributed by atoms with Crippen LogP contribution in [-0.4, -0.2) is 57.7 Å². The smallest absolute Gasteiger partial charge is 0.255 e. The fraction of sp³-hybridized carbons (Fsp3) is 0.562. The summed E-state index contributed by atoms with van der Waals surface area (Å²) in [5.74, 6) is 0.0340. The summed E-state index contributed by atoms with van der Waals surface area (Å²) in [5.41, 5.74) is 0.941. The molecule has 0 spiro atoms. The summed E-state index contributed by atoms with van der Waals surface area (Å²) in [4.78, 5) is 14.5. The molecule has 1 aromatic rings. The largest absolute Gasteiger partial charge is 0.339 e. The van der Waals surface area contributed by atoms with Gasteiger partial charge in [0, 0.05) is 19.6 Å². The van der Waals surface area contributed by atoms with Crippen LogP contribution in [-0.2, 0) is 10.0 Å². The van der Waals surface area contributed by atoms with Crippen molar-refractivity contribution < 1.29 is 13.2 Å². The SMILES string of the molecule is CN(C(=O)c1ccc(N2CCCS2(=O)=O)cc1Cl)C1CCNCC1. The zero-order chi connectivity index (χ0) is 17.3.